The van der Waals surface area contributed by atoms with Crippen molar-refractivity contribution in [2.45, 2.75) is 58.2 Å². The highest BCUT2D eigenvalue weighted by Crippen LogP contribution is 2.37. The minimum atomic E-state index is -0.361. The number of imide groups is 1. The molecule has 2 amide bonds. The van der Waals surface area contributed by atoms with Crippen LogP contribution in [0.4, 0.5) is 0 Å². The van der Waals surface area contributed by atoms with Crippen LogP contribution in [0, 0.1) is 6.92 Å². The molecule has 2 aromatic heterocycles. The number of hydrogen-bond donors (Lipinski definition) is 0. The number of aryl methyl sites for hydroxylation is 1. The third-order valence-corrected chi connectivity index (χ3v) is 7.30. The van der Waals surface area contributed by atoms with E-state index in [-0.39, 0.29) is 24.1 Å². The van der Waals surface area contributed by atoms with E-state index < -0.39 is 0 Å². The Morgan fingerprint density at radius 2 is 2.03 bits per heavy atom. The maximum Gasteiger partial charge on any atom is 0.261 e. The second kappa shape index (κ2) is 8.53. The van der Waals surface area contributed by atoms with Gasteiger partial charge in [0.05, 0.1) is 23.3 Å². The fourth-order valence-corrected chi connectivity index (χ4v) is 5.46. The van der Waals surface area contributed by atoms with Crippen molar-refractivity contribution in [3.8, 4) is 11.3 Å². The Kier molecular flexibility index (Phi) is 5.33. The van der Waals surface area contributed by atoms with E-state index in [0.717, 1.165) is 65.7 Å². The number of rotatable bonds is 4. The predicted octanol–water partition coefficient (Wildman–Crippen LogP) is 4.58. The molecule has 2 aliphatic heterocycles. The van der Waals surface area contributed by atoms with Gasteiger partial charge in [0.15, 0.2) is 11.9 Å². The minimum absolute atomic E-state index is 0.0984. The van der Waals surface area contributed by atoms with Crippen molar-refractivity contribution in [3.63, 3.8) is 0 Å². The van der Waals surface area contributed by atoms with Crippen molar-refractivity contribution in [2.24, 2.45) is 0 Å². The zero-order chi connectivity index (χ0) is 24.1. The normalized spacial score (nSPS) is 21.2. The first kappa shape index (κ1) is 21.9. The summed E-state index contributed by atoms with van der Waals surface area (Å²) in [7, 11) is 0. The Morgan fingerprint density at radius 3 is 2.80 bits per heavy atom. The second-order valence-electron chi connectivity index (χ2n) is 9.43. The number of carbonyl (C=O) groups excluding carboxylic acids is 2. The first-order valence-corrected chi connectivity index (χ1v) is 12.2. The van der Waals surface area contributed by atoms with Gasteiger partial charge in [0.2, 0.25) is 0 Å². The van der Waals surface area contributed by atoms with Crippen molar-refractivity contribution < 1.29 is 14.3 Å². The zero-order valence-electron chi connectivity index (χ0n) is 19.9. The Balaban J connectivity index is 1.32. The molecule has 8 heteroatoms. The van der Waals surface area contributed by atoms with Crippen LogP contribution in [0.25, 0.3) is 22.3 Å². The van der Waals surface area contributed by atoms with E-state index in [1.165, 1.54) is 4.90 Å². The summed E-state index contributed by atoms with van der Waals surface area (Å²) in [6, 6.07) is 5.68. The molecule has 0 bridgehead atoms. The molecular weight excluding hydrogens is 442 g/mol. The van der Waals surface area contributed by atoms with Crippen LogP contribution >= 0.6 is 0 Å². The topological polar surface area (TPSA) is 90.2 Å². The van der Waals surface area contributed by atoms with Crippen LogP contribution in [0.5, 0.6) is 0 Å². The Hall–Kier alpha value is -3.65. The molecule has 0 N–H and O–H groups in total. The lowest BCUT2D eigenvalue weighted by molar-refractivity contribution is -0.140. The van der Waals surface area contributed by atoms with Gasteiger partial charge in [-0.25, -0.2) is 14.6 Å². The van der Waals surface area contributed by atoms with Gasteiger partial charge in [-0.05, 0) is 63.1 Å². The summed E-state index contributed by atoms with van der Waals surface area (Å²) in [6.07, 6.45) is 11.6. The van der Waals surface area contributed by atoms with Crippen LogP contribution in [0.3, 0.4) is 0 Å². The molecule has 1 saturated heterocycles. The van der Waals surface area contributed by atoms with Crippen LogP contribution in [-0.4, -0.2) is 43.1 Å². The lowest BCUT2D eigenvalue weighted by Crippen LogP contribution is -2.34. The first-order valence-electron chi connectivity index (χ1n) is 12.2. The maximum atomic E-state index is 13.0. The molecule has 2 atom stereocenters. The van der Waals surface area contributed by atoms with Crippen molar-refractivity contribution in [1.82, 2.24) is 24.6 Å². The number of ether oxygens (including phenoxy) is 1. The summed E-state index contributed by atoms with van der Waals surface area (Å²) in [5.74, 6) is -0.369. The summed E-state index contributed by atoms with van der Waals surface area (Å²) in [4.78, 5) is 36.5. The fourth-order valence-electron chi connectivity index (χ4n) is 5.46. The Labute approximate surface area is 203 Å². The van der Waals surface area contributed by atoms with Gasteiger partial charge in [-0.2, -0.15) is 5.10 Å². The number of nitrogens with zero attached hydrogens (tertiary/aromatic N) is 5. The molecule has 6 rings (SSSR count). The van der Waals surface area contributed by atoms with E-state index in [4.69, 9.17) is 4.74 Å². The third kappa shape index (κ3) is 3.51. The minimum Gasteiger partial charge on any atom is -0.356 e. The number of fused-ring (bicyclic) bond motifs is 1. The van der Waals surface area contributed by atoms with Gasteiger partial charge in [-0.15, -0.1) is 0 Å². The van der Waals surface area contributed by atoms with Gasteiger partial charge in [0, 0.05) is 23.3 Å². The monoisotopic (exact) mass is 469 g/mol. The van der Waals surface area contributed by atoms with Gasteiger partial charge in [0.1, 0.15) is 6.33 Å². The Bertz CT molecular complexity index is 1410. The largest absolute Gasteiger partial charge is 0.356 e. The quantitative estimate of drug-likeness (QED) is 0.520. The molecule has 1 aliphatic carbocycles. The molecule has 0 saturated carbocycles. The standard InChI is InChI=1S/C27H27N5O3/c1-16-13-18(24-22-14-30-32(25(22)29-15-28-24)23-9-5-6-12-35-23)10-11-19(16)17(2)31-26(33)20-7-3-4-8-21(20)27(31)34/h3,7,10-11,13-15,17,23H,4-6,8-9,12H2,1-2H3. The predicted molar refractivity (Wildman–Crippen MR) is 130 cm³/mol. The van der Waals surface area contributed by atoms with Crippen molar-refractivity contribution in [3.05, 3.63) is 65.1 Å². The first-order chi connectivity index (χ1) is 17.0. The molecule has 0 spiro atoms. The van der Waals surface area contributed by atoms with Gasteiger partial charge in [0.25, 0.3) is 11.8 Å². The number of amides is 2. The lowest BCUT2D eigenvalue weighted by Gasteiger charge is -2.25. The summed E-state index contributed by atoms with van der Waals surface area (Å²) >= 11 is 0. The molecule has 1 aromatic carbocycles. The SMILES string of the molecule is Cc1cc(-c2ncnc3c2cnn3C2CCCCO2)ccc1C(C)N1C(=O)C2=C(CCC=C2)C1=O. The lowest BCUT2D eigenvalue weighted by atomic mass is 9.97. The molecule has 178 valence electrons. The molecule has 3 aromatic rings. The number of hydrogen-bond acceptors (Lipinski definition) is 6. The third-order valence-electron chi connectivity index (χ3n) is 7.30. The molecule has 2 unspecified atom stereocenters. The average molecular weight is 470 g/mol. The summed E-state index contributed by atoms with van der Waals surface area (Å²) in [5.41, 5.74) is 5.62. The summed E-state index contributed by atoms with van der Waals surface area (Å²) in [5, 5.41) is 5.45. The zero-order valence-corrected chi connectivity index (χ0v) is 19.9. The van der Waals surface area contributed by atoms with E-state index >= 15 is 0 Å². The van der Waals surface area contributed by atoms with E-state index in [1.54, 1.807) is 18.6 Å². The van der Waals surface area contributed by atoms with Crippen LogP contribution in [-0.2, 0) is 14.3 Å². The van der Waals surface area contributed by atoms with Crippen LogP contribution < -0.4 is 0 Å². The highest BCUT2D eigenvalue weighted by Gasteiger charge is 2.40. The van der Waals surface area contributed by atoms with Crippen molar-refractivity contribution >= 4 is 22.8 Å². The molecule has 35 heavy (non-hydrogen) atoms. The summed E-state index contributed by atoms with van der Waals surface area (Å²) < 4.78 is 7.77. The molecule has 3 aliphatic rings. The maximum absolute atomic E-state index is 13.0. The van der Waals surface area contributed by atoms with Crippen LogP contribution in [0.2, 0.25) is 0 Å². The smallest absolute Gasteiger partial charge is 0.261 e. The number of benzene rings is 1. The van der Waals surface area contributed by atoms with E-state index in [9.17, 15) is 9.59 Å². The second-order valence-corrected chi connectivity index (χ2v) is 9.43. The van der Waals surface area contributed by atoms with E-state index in [1.807, 2.05) is 36.7 Å². The van der Waals surface area contributed by atoms with Gasteiger partial charge in [-0.1, -0.05) is 24.3 Å². The molecule has 8 nitrogen and oxygen atoms in total. The summed E-state index contributed by atoms with van der Waals surface area (Å²) in [6.45, 7) is 4.65. The van der Waals surface area contributed by atoms with Gasteiger partial charge >= 0.3 is 0 Å². The number of allylic oxidation sites excluding steroid dienone is 1. The average Bonchev–Trinajstić information content (AvgIpc) is 3.43. The van der Waals surface area contributed by atoms with Crippen molar-refractivity contribution in [1.29, 1.82) is 0 Å². The van der Waals surface area contributed by atoms with Gasteiger partial charge < -0.3 is 4.74 Å². The number of aromatic nitrogens is 4. The van der Waals surface area contributed by atoms with Crippen molar-refractivity contribution in [2.75, 3.05) is 6.61 Å². The van der Waals surface area contributed by atoms with Crippen LogP contribution in [0.1, 0.15) is 62.4 Å². The fraction of sp³-hybridized carbons (Fsp3) is 0.370. The molecule has 0 radical (unpaired) electrons. The highest BCUT2D eigenvalue weighted by molar-refractivity contribution is 6.21. The van der Waals surface area contributed by atoms with Crippen LogP contribution in [0.15, 0.2) is 54.0 Å². The van der Waals surface area contributed by atoms with Gasteiger partial charge in [-0.3, -0.25) is 14.5 Å². The highest BCUT2D eigenvalue weighted by atomic mass is 16.5. The molecule has 4 heterocycles. The van der Waals surface area contributed by atoms with E-state index in [0.29, 0.717) is 17.6 Å². The van der Waals surface area contributed by atoms with E-state index in [2.05, 4.69) is 21.1 Å². The molecular formula is C27H27N5O3. The Morgan fingerprint density at radius 1 is 1.14 bits per heavy atom. The molecule has 1 fully saturated rings. The number of carbonyl (C=O) groups is 2.